The molecular weight excluding hydrogens is 328 g/mol. The number of hydrogen-bond acceptors (Lipinski definition) is 4. The third-order valence-electron chi connectivity index (χ3n) is 4.78. The van der Waals surface area contributed by atoms with Crippen LogP contribution >= 0.6 is 11.8 Å². The Hall–Kier alpha value is -1.62. The van der Waals surface area contributed by atoms with E-state index in [1.165, 1.54) is 4.90 Å². The Balaban J connectivity index is 1.71. The molecule has 132 valence electrons. The molecule has 2 aromatic rings. The van der Waals surface area contributed by atoms with E-state index in [2.05, 4.69) is 22.3 Å². The molecular formula is C21H26N2OS. The number of nitrogens with one attached hydrogen (secondary N) is 1. The molecule has 4 heteroatoms. The van der Waals surface area contributed by atoms with E-state index in [9.17, 15) is 4.79 Å². The second-order valence-corrected chi connectivity index (χ2v) is 8.07. The lowest BCUT2D eigenvalue weighted by atomic mass is 9.91. The Labute approximate surface area is 154 Å². The second kappa shape index (κ2) is 8.17. The quantitative estimate of drug-likeness (QED) is 0.820. The first-order chi connectivity index (χ1) is 12.1. The summed E-state index contributed by atoms with van der Waals surface area (Å²) >= 11 is 1.72. The van der Waals surface area contributed by atoms with E-state index < -0.39 is 5.54 Å². The average molecular weight is 355 g/mol. The lowest BCUT2D eigenvalue weighted by molar-refractivity contribution is 0.0658. The summed E-state index contributed by atoms with van der Waals surface area (Å²) in [5, 5.41) is 3.40. The Morgan fingerprint density at radius 3 is 2.36 bits per heavy atom. The standard InChI is InChI=1S/C21H26N2OS/c1-21(2,23-15-6-13-22-14-16-23)20(24)17-9-11-19(12-10-17)25-18-7-4-3-5-8-18/h3-5,7-12,22H,6,13-16H2,1-2H3. The van der Waals surface area contributed by atoms with Gasteiger partial charge < -0.3 is 5.32 Å². The van der Waals surface area contributed by atoms with Gasteiger partial charge in [-0.05, 0) is 51.1 Å². The van der Waals surface area contributed by atoms with Crippen molar-refractivity contribution in [2.45, 2.75) is 35.6 Å². The molecule has 0 amide bonds. The number of Topliss-reactive ketones (excluding diaryl/α,β-unsaturated/α-hetero) is 1. The summed E-state index contributed by atoms with van der Waals surface area (Å²) in [6.45, 7) is 7.96. The summed E-state index contributed by atoms with van der Waals surface area (Å²) in [7, 11) is 0. The van der Waals surface area contributed by atoms with Crippen LogP contribution < -0.4 is 5.32 Å². The van der Waals surface area contributed by atoms with E-state index in [0.29, 0.717) is 0 Å². The molecule has 1 heterocycles. The molecule has 3 nitrogen and oxygen atoms in total. The number of hydrogen-bond donors (Lipinski definition) is 1. The fourth-order valence-corrected chi connectivity index (χ4v) is 4.04. The highest BCUT2D eigenvalue weighted by Gasteiger charge is 2.35. The fraction of sp³-hybridized carbons (Fsp3) is 0.381. The first-order valence-electron chi connectivity index (χ1n) is 8.91. The van der Waals surface area contributed by atoms with Crippen LogP contribution in [0.15, 0.2) is 64.4 Å². The number of carbonyl (C=O) groups is 1. The molecule has 0 aromatic heterocycles. The number of rotatable bonds is 5. The summed E-state index contributed by atoms with van der Waals surface area (Å²) in [5.74, 6) is 0.200. The van der Waals surface area contributed by atoms with Gasteiger partial charge in [-0.25, -0.2) is 0 Å². The number of benzene rings is 2. The Kier molecular flexibility index (Phi) is 5.94. The summed E-state index contributed by atoms with van der Waals surface area (Å²) in [6, 6.07) is 18.3. The van der Waals surface area contributed by atoms with Crippen LogP contribution in [0.2, 0.25) is 0 Å². The highest BCUT2D eigenvalue weighted by atomic mass is 32.2. The van der Waals surface area contributed by atoms with Crippen molar-refractivity contribution in [2.75, 3.05) is 26.2 Å². The van der Waals surface area contributed by atoms with Crippen molar-refractivity contribution in [1.29, 1.82) is 0 Å². The van der Waals surface area contributed by atoms with Gasteiger partial charge in [0.05, 0.1) is 5.54 Å². The monoisotopic (exact) mass is 354 g/mol. The summed E-state index contributed by atoms with van der Waals surface area (Å²) in [6.07, 6.45) is 1.09. The number of nitrogens with zero attached hydrogens (tertiary/aromatic N) is 1. The Bertz CT molecular complexity index is 690. The van der Waals surface area contributed by atoms with Crippen LogP contribution in [0, 0.1) is 0 Å². The fourth-order valence-electron chi connectivity index (χ4n) is 3.20. The minimum absolute atomic E-state index is 0.200. The zero-order valence-corrected chi connectivity index (χ0v) is 15.8. The Morgan fingerprint density at radius 2 is 1.64 bits per heavy atom. The van der Waals surface area contributed by atoms with Crippen molar-refractivity contribution in [3.63, 3.8) is 0 Å². The van der Waals surface area contributed by atoms with E-state index in [-0.39, 0.29) is 5.78 Å². The van der Waals surface area contributed by atoms with Crippen LogP contribution in [0.3, 0.4) is 0 Å². The number of ketones is 1. The highest BCUT2D eigenvalue weighted by Crippen LogP contribution is 2.28. The molecule has 1 aliphatic heterocycles. The lowest BCUT2D eigenvalue weighted by Crippen LogP contribution is -2.51. The minimum atomic E-state index is -0.472. The van der Waals surface area contributed by atoms with E-state index >= 15 is 0 Å². The van der Waals surface area contributed by atoms with Crippen LogP contribution in [0.1, 0.15) is 30.6 Å². The van der Waals surface area contributed by atoms with Gasteiger partial charge in [0.25, 0.3) is 0 Å². The predicted molar refractivity (Wildman–Crippen MR) is 104 cm³/mol. The smallest absolute Gasteiger partial charge is 0.182 e. The van der Waals surface area contributed by atoms with Gasteiger partial charge in [-0.2, -0.15) is 0 Å². The molecule has 1 saturated heterocycles. The van der Waals surface area contributed by atoms with Gasteiger partial charge in [0.1, 0.15) is 0 Å². The molecule has 0 spiro atoms. The average Bonchev–Trinajstić information content (AvgIpc) is 2.93. The molecule has 1 aliphatic rings. The molecule has 1 fully saturated rings. The van der Waals surface area contributed by atoms with Gasteiger partial charge in [-0.1, -0.05) is 42.1 Å². The van der Waals surface area contributed by atoms with E-state index in [1.807, 2.05) is 56.3 Å². The Morgan fingerprint density at radius 1 is 0.960 bits per heavy atom. The largest absolute Gasteiger partial charge is 0.315 e. The van der Waals surface area contributed by atoms with E-state index in [1.54, 1.807) is 11.8 Å². The second-order valence-electron chi connectivity index (χ2n) is 6.92. The maximum Gasteiger partial charge on any atom is 0.182 e. The van der Waals surface area contributed by atoms with Crippen LogP contribution in [0.5, 0.6) is 0 Å². The predicted octanol–water partition coefficient (Wildman–Crippen LogP) is 4.09. The third-order valence-corrected chi connectivity index (χ3v) is 5.80. The van der Waals surface area contributed by atoms with Crippen molar-refractivity contribution in [3.8, 4) is 0 Å². The molecule has 0 unspecified atom stereocenters. The van der Waals surface area contributed by atoms with Crippen LogP contribution in [0.4, 0.5) is 0 Å². The maximum absolute atomic E-state index is 13.1. The summed E-state index contributed by atoms with van der Waals surface area (Å²) in [4.78, 5) is 17.7. The zero-order chi connectivity index (χ0) is 17.7. The van der Waals surface area contributed by atoms with Crippen molar-refractivity contribution in [3.05, 3.63) is 60.2 Å². The van der Waals surface area contributed by atoms with Crippen molar-refractivity contribution in [1.82, 2.24) is 10.2 Å². The molecule has 0 atom stereocenters. The summed E-state index contributed by atoms with van der Waals surface area (Å²) in [5.41, 5.74) is 0.319. The first-order valence-corrected chi connectivity index (χ1v) is 9.72. The first kappa shape index (κ1) is 18.2. The molecule has 2 aromatic carbocycles. The molecule has 0 aliphatic carbocycles. The van der Waals surface area contributed by atoms with Crippen LogP contribution in [-0.4, -0.2) is 42.4 Å². The van der Waals surface area contributed by atoms with Gasteiger partial charge in [-0.3, -0.25) is 9.69 Å². The molecule has 0 bridgehead atoms. The zero-order valence-electron chi connectivity index (χ0n) is 15.0. The minimum Gasteiger partial charge on any atom is -0.315 e. The maximum atomic E-state index is 13.1. The van der Waals surface area contributed by atoms with Gasteiger partial charge in [0, 0.05) is 35.0 Å². The number of carbonyl (C=O) groups excluding carboxylic acids is 1. The van der Waals surface area contributed by atoms with Gasteiger partial charge in [0.2, 0.25) is 0 Å². The van der Waals surface area contributed by atoms with E-state index in [4.69, 9.17) is 0 Å². The van der Waals surface area contributed by atoms with Gasteiger partial charge in [0.15, 0.2) is 5.78 Å². The van der Waals surface area contributed by atoms with Crippen molar-refractivity contribution in [2.24, 2.45) is 0 Å². The third kappa shape index (κ3) is 4.51. The van der Waals surface area contributed by atoms with E-state index in [0.717, 1.165) is 43.1 Å². The lowest BCUT2D eigenvalue weighted by Gasteiger charge is -2.36. The molecule has 0 radical (unpaired) electrons. The van der Waals surface area contributed by atoms with Crippen molar-refractivity contribution >= 4 is 17.5 Å². The SMILES string of the molecule is CC(C)(C(=O)c1ccc(Sc2ccccc2)cc1)N1CCCNCC1. The highest BCUT2D eigenvalue weighted by molar-refractivity contribution is 7.99. The van der Waals surface area contributed by atoms with Gasteiger partial charge >= 0.3 is 0 Å². The van der Waals surface area contributed by atoms with Crippen LogP contribution in [-0.2, 0) is 0 Å². The van der Waals surface area contributed by atoms with Gasteiger partial charge in [-0.15, -0.1) is 0 Å². The summed E-state index contributed by atoms with van der Waals surface area (Å²) < 4.78 is 0. The molecule has 25 heavy (non-hydrogen) atoms. The topological polar surface area (TPSA) is 32.3 Å². The molecule has 0 saturated carbocycles. The molecule has 1 N–H and O–H groups in total. The normalized spacial score (nSPS) is 16.4. The van der Waals surface area contributed by atoms with Crippen molar-refractivity contribution < 1.29 is 4.79 Å². The van der Waals surface area contributed by atoms with Crippen LogP contribution in [0.25, 0.3) is 0 Å². The molecule has 3 rings (SSSR count).